The molecule has 3 aromatic rings. The molecule has 206 valence electrons. The molecule has 2 aromatic carbocycles. The highest BCUT2D eigenvalue weighted by Gasteiger charge is 2.29. The highest BCUT2D eigenvalue weighted by Crippen LogP contribution is 2.30. The van der Waals surface area contributed by atoms with Crippen LogP contribution in [0.3, 0.4) is 0 Å². The van der Waals surface area contributed by atoms with Gasteiger partial charge in [-0.2, -0.15) is 4.98 Å². The van der Waals surface area contributed by atoms with Crippen LogP contribution < -0.4 is 15.1 Å². The van der Waals surface area contributed by atoms with E-state index in [0.717, 1.165) is 70.0 Å². The fraction of sp³-hybridized carbons (Fsp3) is 0.500. The van der Waals surface area contributed by atoms with Crippen molar-refractivity contribution in [2.45, 2.75) is 38.5 Å². The number of nitrogens with zero attached hydrogens (tertiary/aromatic N) is 6. The van der Waals surface area contributed by atoms with Gasteiger partial charge in [0.25, 0.3) is 0 Å². The minimum absolute atomic E-state index is 0. The molecule has 0 aliphatic carbocycles. The molecular weight excluding hydrogens is 485 g/mol. The summed E-state index contributed by atoms with van der Waals surface area (Å²) in [4.78, 5) is 11.5. The van der Waals surface area contributed by atoms with E-state index in [1.54, 1.807) is 24.2 Å². The summed E-state index contributed by atoms with van der Waals surface area (Å²) in [5.41, 5.74) is 4.77. The van der Waals surface area contributed by atoms with E-state index in [4.69, 9.17) is 9.47 Å². The molecule has 1 unspecified atom stereocenters. The van der Waals surface area contributed by atoms with Gasteiger partial charge in [-0.3, -0.25) is 4.90 Å². The number of methoxy groups -OCH3 is 1. The van der Waals surface area contributed by atoms with E-state index in [1.165, 1.54) is 17.3 Å². The second kappa shape index (κ2) is 10.9. The highest BCUT2D eigenvalue weighted by atomic mass is 19.1. The van der Waals surface area contributed by atoms with Crippen LogP contribution in [0.4, 0.5) is 27.4 Å². The van der Waals surface area contributed by atoms with Crippen LogP contribution >= 0.6 is 0 Å². The Balaban J connectivity index is 0.00000185. The molecule has 3 aliphatic heterocycles. The molecule has 3 fully saturated rings. The molecule has 6 rings (SSSR count). The van der Waals surface area contributed by atoms with Crippen LogP contribution in [-0.4, -0.2) is 85.0 Å². The Labute approximate surface area is 226 Å². The predicted molar refractivity (Wildman–Crippen MR) is 150 cm³/mol. The maximum Gasteiger partial charge on any atom is 0.246 e. The van der Waals surface area contributed by atoms with Crippen molar-refractivity contribution in [1.82, 2.24) is 19.7 Å². The molecule has 3 aliphatic rings. The number of hydrogen-bond acceptors (Lipinski definition) is 8. The van der Waals surface area contributed by atoms with Gasteiger partial charge in [0, 0.05) is 66.2 Å². The number of aryl methyl sites for hydroxylation is 1. The Morgan fingerprint density at radius 1 is 1.03 bits per heavy atom. The Morgan fingerprint density at radius 3 is 2.61 bits per heavy atom. The van der Waals surface area contributed by atoms with Gasteiger partial charge in [0.1, 0.15) is 18.4 Å². The van der Waals surface area contributed by atoms with E-state index in [1.807, 2.05) is 6.07 Å². The number of anilines is 4. The van der Waals surface area contributed by atoms with Gasteiger partial charge in [0.15, 0.2) is 0 Å². The van der Waals surface area contributed by atoms with Crippen LogP contribution in [0.25, 0.3) is 5.69 Å². The fourth-order valence-electron chi connectivity index (χ4n) is 5.77. The average molecular weight is 526 g/mol. The van der Waals surface area contributed by atoms with Crippen LogP contribution in [-0.2, 0) is 9.47 Å². The van der Waals surface area contributed by atoms with Crippen LogP contribution in [0, 0.1) is 12.7 Å². The monoisotopic (exact) mass is 525 g/mol. The van der Waals surface area contributed by atoms with Gasteiger partial charge >= 0.3 is 0 Å². The average Bonchev–Trinajstić information content (AvgIpc) is 3.53. The summed E-state index contributed by atoms with van der Waals surface area (Å²) in [7, 11) is 1.71. The van der Waals surface area contributed by atoms with E-state index < -0.39 is 0 Å². The molecule has 4 heterocycles. The van der Waals surface area contributed by atoms with Gasteiger partial charge < -0.3 is 24.6 Å². The van der Waals surface area contributed by atoms with Gasteiger partial charge in [0.05, 0.1) is 24.9 Å². The summed E-state index contributed by atoms with van der Waals surface area (Å²) in [6.07, 6.45) is 5.18. The predicted octanol–water partition coefficient (Wildman–Crippen LogP) is 4.43. The molecule has 0 bridgehead atoms. The van der Waals surface area contributed by atoms with E-state index >= 15 is 0 Å². The SMILES string of the molecule is COC[C@H]1CCCN1c1cc(F)cc(-n2cnc(Nc3cc(C)cc(N4CCN(C5CCO5)CC4)c3)n2)c1.[HH].[HH]. The van der Waals surface area contributed by atoms with Crippen molar-refractivity contribution in [3.05, 3.63) is 54.1 Å². The topological polar surface area (TPSA) is 70.9 Å². The summed E-state index contributed by atoms with van der Waals surface area (Å²) in [6.45, 7) is 8.46. The number of piperazine rings is 1. The lowest BCUT2D eigenvalue weighted by Gasteiger charge is -2.43. The molecule has 3 saturated heterocycles. The molecule has 0 amide bonds. The van der Waals surface area contributed by atoms with E-state index in [9.17, 15) is 4.39 Å². The fourth-order valence-corrected chi connectivity index (χ4v) is 5.77. The van der Waals surface area contributed by atoms with Crippen molar-refractivity contribution >= 4 is 23.0 Å². The zero-order valence-corrected chi connectivity index (χ0v) is 22.1. The van der Waals surface area contributed by atoms with Crippen LogP contribution in [0.2, 0.25) is 0 Å². The largest absolute Gasteiger partial charge is 0.383 e. The molecular formula is C28H40FN7O2. The maximum atomic E-state index is 14.6. The lowest BCUT2D eigenvalue weighted by Crippen LogP contribution is -2.54. The second-order valence-corrected chi connectivity index (χ2v) is 10.4. The first kappa shape index (κ1) is 25.1. The first-order valence-electron chi connectivity index (χ1n) is 13.5. The third kappa shape index (κ3) is 5.34. The van der Waals surface area contributed by atoms with Crippen LogP contribution in [0.15, 0.2) is 42.7 Å². The molecule has 10 heteroatoms. The zero-order chi connectivity index (χ0) is 26.1. The molecule has 0 radical (unpaired) electrons. The quantitative estimate of drug-likeness (QED) is 0.463. The van der Waals surface area contributed by atoms with Gasteiger partial charge in [-0.15, -0.1) is 5.10 Å². The van der Waals surface area contributed by atoms with Gasteiger partial charge in [0.2, 0.25) is 5.95 Å². The summed E-state index contributed by atoms with van der Waals surface area (Å²) in [6, 6.07) is 11.8. The molecule has 1 aromatic heterocycles. The molecule has 0 spiro atoms. The second-order valence-electron chi connectivity index (χ2n) is 10.4. The molecule has 9 nitrogen and oxygen atoms in total. The van der Waals surface area contributed by atoms with Crippen molar-refractivity contribution in [1.29, 1.82) is 0 Å². The minimum atomic E-state index is -0.294. The highest BCUT2D eigenvalue weighted by molar-refractivity contribution is 5.64. The van der Waals surface area contributed by atoms with Crippen molar-refractivity contribution in [2.24, 2.45) is 0 Å². The van der Waals surface area contributed by atoms with Crippen molar-refractivity contribution in [3.8, 4) is 5.69 Å². The van der Waals surface area contributed by atoms with Gasteiger partial charge in [-0.05, 0) is 61.7 Å². The minimum Gasteiger partial charge on any atom is -0.383 e. The van der Waals surface area contributed by atoms with Crippen LogP contribution in [0.1, 0.15) is 27.7 Å². The lowest BCUT2D eigenvalue weighted by molar-refractivity contribution is -0.145. The molecule has 0 saturated carbocycles. The number of benzene rings is 2. The van der Waals surface area contributed by atoms with Crippen molar-refractivity contribution in [3.63, 3.8) is 0 Å². The van der Waals surface area contributed by atoms with Crippen molar-refractivity contribution < 1.29 is 16.7 Å². The molecule has 1 N–H and O–H groups in total. The van der Waals surface area contributed by atoms with E-state index in [0.29, 0.717) is 24.5 Å². The summed E-state index contributed by atoms with van der Waals surface area (Å²) >= 11 is 0. The Bertz CT molecular complexity index is 1270. The number of ether oxygens (including phenoxy) is 2. The maximum absolute atomic E-state index is 14.6. The standard InChI is InChI=1S/C28H36FN7O2.2H2/c1-20-12-22(16-24(13-20)33-7-9-34(10-8-33)27-5-11-38-27)31-28-30-19-36(32-28)26-15-21(29)14-25(17-26)35-6-3-4-23(35)18-37-2;;/h12-17,19,23,27H,3-11,18H2,1-2H3,(H,31,32);2*1H/t23-,27?;;/m1../s1. The summed E-state index contributed by atoms with van der Waals surface area (Å²) in [5.74, 6) is 0.176. The van der Waals surface area contributed by atoms with E-state index in [2.05, 4.69) is 55.2 Å². The first-order chi connectivity index (χ1) is 18.6. The van der Waals surface area contributed by atoms with Crippen molar-refractivity contribution in [2.75, 3.05) is 68.2 Å². The number of rotatable bonds is 8. The summed E-state index contributed by atoms with van der Waals surface area (Å²) < 4.78 is 27.3. The summed E-state index contributed by atoms with van der Waals surface area (Å²) in [5, 5.41) is 7.95. The Hall–Kier alpha value is -3.21. The lowest BCUT2D eigenvalue weighted by atomic mass is 10.1. The third-order valence-electron chi connectivity index (χ3n) is 7.77. The Morgan fingerprint density at radius 2 is 1.84 bits per heavy atom. The van der Waals surface area contributed by atoms with Gasteiger partial charge in [-0.25, -0.2) is 9.07 Å². The number of nitrogens with one attached hydrogen (secondary N) is 1. The number of hydrogen-bond donors (Lipinski definition) is 1. The molecule has 38 heavy (non-hydrogen) atoms. The smallest absolute Gasteiger partial charge is 0.246 e. The van der Waals surface area contributed by atoms with E-state index in [-0.39, 0.29) is 14.7 Å². The Kier molecular flexibility index (Phi) is 7.18. The zero-order valence-electron chi connectivity index (χ0n) is 22.1. The van der Waals surface area contributed by atoms with Gasteiger partial charge in [-0.1, -0.05) is 0 Å². The normalized spacial score (nSPS) is 22.1. The third-order valence-corrected chi connectivity index (χ3v) is 7.77. The number of halogens is 1. The molecule has 2 atom stereocenters. The number of aromatic nitrogens is 3. The first-order valence-corrected chi connectivity index (χ1v) is 13.5. The van der Waals surface area contributed by atoms with Crippen LogP contribution in [0.5, 0.6) is 0 Å².